The van der Waals surface area contributed by atoms with E-state index >= 15 is 0 Å². The first kappa shape index (κ1) is 14.3. The van der Waals surface area contributed by atoms with Crippen LogP contribution in [0.25, 0.3) is 0 Å². The van der Waals surface area contributed by atoms with E-state index in [-0.39, 0.29) is 18.4 Å². The van der Waals surface area contributed by atoms with Crippen molar-refractivity contribution in [2.75, 3.05) is 52.9 Å². The van der Waals surface area contributed by atoms with Crippen molar-refractivity contribution in [2.45, 2.75) is 12.8 Å². The van der Waals surface area contributed by atoms with Gasteiger partial charge in [0.2, 0.25) is 5.91 Å². The van der Waals surface area contributed by atoms with Crippen LogP contribution in [-0.4, -0.2) is 84.5 Å². The van der Waals surface area contributed by atoms with E-state index in [1.54, 1.807) is 0 Å². The van der Waals surface area contributed by atoms with E-state index in [0.717, 1.165) is 52.1 Å². The fourth-order valence-corrected chi connectivity index (χ4v) is 2.81. The molecule has 0 atom stereocenters. The standard InChI is InChI=1S/C13H23N3O3/c1-14-6-8-16(9-7-14)13(19)11-2-4-15(5-3-11)10-12(17)18/h11H,2-10H2,1H3,(H,17,18). The minimum atomic E-state index is -0.788. The highest BCUT2D eigenvalue weighted by Crippen LogP contribution is 2.20. The molecule has 1 N–H and O–H groups in total. The fraction of sp³-hybridized carbons (Fsp3) is 0.846. The minimum absolute atomic E-state index is 0.0912. The molecule has 0 spiro atoms. The molecule has 1 amide bonds. The van der Waals surface area contributed by atoms with Crippen LogP contribution in [0.2, 0.25) is 0 Å². The average Bonchev–Trinajstić information content (AvgIpc) is 2.39. The van der Waals surface area contributed by atoms with Crippen LogP contribution in [0.3, 0.4) is 0 Å². The van der Waals surface area contributed by atoms with Crippen molar-refractivity contribution in [3.8, 4) is 0 Å². The molecular weight excluding hydrogens is 246 g/mol. The van der Waals surface area contributed by atoms with Gasteiger partial charge in [-0.3, -0.25) is 14.5 Å². The van der Waals surface area contributed by atoms with Crippen LogP contribution < -0.4 is 0 Å². The molecule has 0 bridgehead atoms. The zero-order valence-corrected chi connectivity index (χ0v) is 11.5. The molecule has 6 nitrogen and oxygen atoms in total. The molecule has 0 aromatic heterocycles. The molecule has 2 rings (SSSR count). The van der Waals surface area contributed by atoms with E-state index in [1.807, 2.05) is 9.80 Å². The Hall–Kier alpha value is -1.14. The molecule has 0 radical (unpaired) electrons. The normalized spacial score (nSPS) is 23.5. The molecule has 19 heavy (non-hydrogen) atoms. The summed E-state index contributed by atoms with van der Waals surface area (Å²) in [6.45, 7) is 5.07. The van der Waals surface area contributed by atoms with Gasteiger partial charge in [0.1, 0.15) is 0 Å². The molecule has 108 valence electrons. The summed E-state index contributed by atoms with van der Waals surface area (Å²) in [5, 5.41) is 8.75. The predicted octanol–water partition coefficient (Wildman–Crippen LogP) is -0.443. The maximum Gasteiger partial charge on any atom is 0.317 e. The fourth-order valence-electron chi connectivity index (χ4n) is 2.81. The number of amides is 1. The number of carbonyl (C=O) groups excluding carboxylic acids is 1. The maximum atomic E-state index is 12.4. The van der Waals surface area contributed by atoms with E-state index in [2.05, 4.69) is 11.9 Å². The maximum absolute atomic E-state index is 12.4. The number of likely N-dealkylation sites (N-methyl/N-ethyl adjacent to an activating group) is 1. The molecule has 0 aromatic rings. The summed E-state index contributed by atoms with van der Waals surface area (Å²) in [7, 11) is 2.08. The van der Waals surface area contributed by atoms with Gasteiger partial charge in [-0.25, -0.2) is 0 Å². The lowest BCUT2D eigenvalue weighted by Crippen LogP contribution is -2.50. The smallest absolute Gasteiger partial charge is 0.317 e. The van der Waals surface area contributed by atoms with Crippen molar-refractivity contribution in [3.63, 3.8) is 0 Å². The number of likely N-dealkylation sites (tertiary alicyclic amines) is 1. The highest BCUT2D eigenvalue weighted by molar-refractivity contribution is 5.79. The Morgan fingerprint density at radius 1 is 1.05 bits per heavy atom. The number of aliphatic carboxylic acids is 1. The second kappa shape index (κ2) is 6.34. The monoisotopic (exact) mass is 269 g/mol. The SMILES string of the molecule is CN1CCN(C(=O)C2CCN(CC(=O)O)CC2)CC1. The molecule has 6 heteroatoms. The number of piperidine rings is 1. The number of piperazine rings is 1. The Kier molecular flexibility index (Phi) is 4.76. The predicted molar refractivity (Wildman–Crippen MR) is 70.9 cm³/mol. The molecule has 2 aliphatic heterocycles. The van der Waals surface area contributed by atoms with Crippen LogP contribution in [0.1, 0.15) is 12.8 Å². The van der Waals surface area contributed by atoms with Crippen molar-refractivity contribution in [1.29, 1.82) is 0 Å². The van der Waals surface area contributed by atoms with Crippen LogP contribution in [0.5, 0.6) is 0 Å². The van der Waals surface area contributed by atoms with Gasteiger partial charge in [0.15, 0.2) is 0 Å². The first-order valence-corrected chi connectivity index (χ1v) is 6.97. The summed E-state index contributed by atoms with van der Waals surface area (Å²) in [5.74, 6) is -0.430. The third kappa shape index (κ3) is 3.91. The number of rotatable bonds is 3. The Morgan fingerprint density at radius 2 is 1.63 bits per heavy atom. The summed E-state index contributed by atoms with van der Waals surface area (Å²) in [5.41, 5.74) is 0. The molecule has 2 aliphatic rings. The van der Waals surface area contributed by atoms with E-state index in [4.69, 9.17) is 5.11 Å². The summed E-state index contributed by atoms with van der Waals surface area (Å²) in [6, 6.07) is 0. The summed E-state index contributed by atoms with van der Waals surface area (Å²) in [4.78, 5) is 29.1. The first-order valence-electron chi connectivity index (χ1n) is 6.97. The van der Waals surface area contributed by atoms with Gasteiger partial charge in [0.25, 0.3) is 0 Å². The Morgan fingerprint density at radius 3 is 2.16 bits per heavy atom. The molecule has 0 aromatic carbocycles. The van der Waals surface area contributed by atoms with Gasteiger partial charge >= 0.3 is 5.97 Å². The van der Waals surface area contributed by atoms with Gasteiger partial charge in [0, 0.05) is 32.1 Å². The Labute approximate surface area is 114 Å². The third-order valence-corrected chi connectivity index (χ3v) is 4.11. The third-order valence-electron chi connectivity index (χ3n) is 4.11. The van der Waals surface area contributed by atoms with Gasteiger partial charge in [0.05, 0.1) is 6.54 Å². The topological polar surface area (TPSA) is 64.1 Å². The zero-order chi connectivity index (χ0) is 13.8. The number of nitrogens with zero attached hydrogens (tertiary/aromatic N) is 3. The van der Waals surface area contributed by atoms with Crippen LogP contribution in [0, 0.1) is 5.92 Å². The van der Waals surface area contributed by atoms with E-state index < -0.39 is 5.97 Å². The molecule has 0 unspecified atom stereocenters. The summed E-state index contributed by atoms with van der Waals surface area (Å²) in [6.07, 6.45) is 1.58. The second-order valence-electron chi connectivity index (χ2n) is 5.57. The van der Waals surface area contributed by atoms with Crippen molar-refractivity contribution >= 4 is 11.9 Å². The van der Waals surface area contributed by atoms with Crippen LogP contribution >= 0.6 is 0 Å². The van der Waals surface area contributed by atoms with Gasteiger partial charge in [-0.2, -0.15) is 0 Å². The zero-order valence-electron chi connectivity index (χ0n) is 11.5. The van der Waals surface area contributed by atoms with E-state index in [1.165, 1.54) is 0 Å². The van der Waals surface area contributed by atoms with E-state index in [0.29, 0.717) is 0 Å². The Balaban J connectivity index is 1.77. The van der Waals surface area contributed by atoms with Gasteiger partial charge in [-0.1, -0.05) is 0 Å². The number of carboxylic acid groups (broad SMARTS) is 1. The van der Waals surface area contributed by atoms with Crippen LogP contribution in [0.4, 0.5) is 0 Å². The lowest BCUT2D eigenvalue weighted by molar-refractivity contribution is -0.140. The quantitative estimate of drug-likeness (QED) is 0.752. The highest BCUT2D eigenvalue weighted by atomic mass is 16.4. The van der Waals surface area contributed by atoms with E-state index in [9.17, 15) is 9.59 Å². The second-order valence-corrected chi connectivity index (χ2v) is 5.57. The van der Waals surface area contributed by atoms with Gasteiger partial charge < -0.3 is 14.9 Å². The molecule has 2 heterocycles. The molecule has 0 aliphatic carbocycles. The highest BCUT2D eigenvalue weighted by Gasteiger charge is 2.30. The number of carboxylic acids is 1. The summed E-state index contributed by atoms with van der Waals surface area (Å²) < 4.78 is 0. The summed E-state index contributed by atoms with van der Waals surface area (Å²) >= 11 is 0. The lowest BCUT2D eigenvalue weighted by atomic mass is 9.95. The van der Waals surface area contributed by atoms with Crippen LogP contribution in [-0.2, 0) is 9.59 Å². The molecule has 2 fully saturated rings. The van der Waals surface area contributed by atoms with Crippen molar-refractivity contribution in [2.24, 2.45) is 5.92 Å². The van der Waals surface area contributed by atoms with Gasteiger partial charge in [-0.05, 0) is 33.0 Å². The Bertz CT molecular complexity index is 332. The minimum Gasteiger partial charge on any atom is -0.480 e. The van der Waals surface area contributed by atoms with Crippen molar-refractivity contribution in [3.05, 3.63) is 0 Å². The van der Waals surface area contributed by atoms with Crippen molar-refractivity contribution < 1.29 is 14.7 Å². The number of carbonyl (C=O) groups is 2. The first-order chi connectivity index (χ1) is 9.06. The molecule has 0 saturated carbocycles. The molecular formula is C13H23N3O3. The van der Waals surface area contributed by atoms with Gasteiger partial charge in [-0.15, -0.1) is 0 Å². The average molecular weight is 269 g/mol. The number of hydrogen-bond donors (Lipinski definition) is 1. The van der Waals surface area contributed by atoms with Crippen molar-refractivity contribution in [1.82, 2.24) is 14.7 Å². The lowest BCUT2D eigenvalue weighted by Gasteiger charge is -2.37. The molecule has 2 saturated heterocycles. The number of hydrogen-bond acceptors (Lipinski definition) is 4. The van der Waals surface area contributed by atoms with Crippen LogP contribution in [0.15, 0.2) is 0 Å². The largest absolute Gasteiger partial charge is 0.480 e.